The highest BCUT2D eigenvalue weighted by atomic mass is 16.5. The lowest BCUT2D eigenvalue weighted by atomic mass is 10.1. The van der Waals surface area contributed by atoms with Gasteiger partial charge in [-0.25, -0.2) is 0 Å². The van der Waals surface area contributed by atoms with E-state index in [1.165, 1.54) is 0 Å². The molecule has 0 saturated carbocycles. The maximum Gasteiger partial charge on any atom is 0.154 e. The Morgan fingerprint density at radius 1 is 1.00 bits per heavy atom. The number of ether oxygens (including phenoxy) is 2. The molecule has 0 fully saturated rings. The third-order valence-electron chi connectivity index (χ3n) is 2.90. The van der Waals surface area contributed by atoms with Gasteiger partial charge in [-0.3, -0.25) is 0 Å². The van der Waals surface area contributed by atoms with Crippen LogP contribution in [0.4, 0.5) is 5.69 Å². The molecule has 0 aromatic heterocycles. The van der Waals surface area contributed by atoms with Crippen LogP contribution in [-0.2, 0) is 6.42 Å². The molecule has 0 aliphatic carbocycles. The molecule has 0 heterocycles. The summed E-state index contributed by atoms with van der Waals surface area (Å²) in [5.41, 5.74) is 7.46. The summed E-state index contributed by atoms with van der Waals surface area (Å²) < 4.78 is 11.3. The lowest BCUT2D eigenvalue weighted by Crippen LogP contribution is -2.00. The SMILES string of the molecule is CCOc1cccc(Oc2ccccc2CCO)c1N. The van der Waals surface area contributed by atoms with Crippen molar-refractivity contribution < 1.29 is 14.6 Å². The zero-order chi connectivity index (χ0) is 14.4. The summed E-state index contributed by atoms with van der Waals surface area (Å²) >= 11 is 0. The Morgan fingerprint density at radius 2 is 1.70 bits per heavy atom. The Balaban J connectivity index is 2.28. The van der Waals surface area contributed by atoms with Gasteiger partial charge in [0.15, 0.2) is 5.75 Å². The third kappa shape index (κ3) is 3.22. The van der Waals surface area contributed by atoms with E-state index in [-0.39, 0.29) is 6.61 Å². The van der Waals surface area contributed by atoms with Crippen LogP contribution in [0.3, 0.4) is 0 Å². The first-order valence-electron chi connectivity index (χ1n) is 6.64. The van der Waals surface area contributed by atoms with Crippen molar-refractivity contribution in [2.75, 3.05) is 18.9 Å². The molecular weight excluding hydrogens is 254 g/mol. The largest absolute Gasteiger partial charge is 0.492 e. The standard InChI is InChI=1S/C16H19NO3/c1-2-19-14-8-5-9-15(16(14)17)20-13-7-4-3-6-12(13)10-11-18/h3-9,18H,2,10-11,17H2,1H3. The smallest absolute Gasteiger partial charge is 0.154 e. The second kappa shape index (κ2) is 6.82. The molecule has 0 bridgehead atoms. The monoisotopic (exact) mass is 273 g/mol. The summed E-state index contributed by atoms with van der Waals surface area (Å²) in [6.45, 7) is 2.53. The fraction of sp³-hybridized carbons (Fsp3) is 0.250. The molecule has 4 heteroatoms. The van der Waals surface area contributed by atoms with Gasteiger partial charge in [-0.15, -0.1) is 0 Å². The van der Waals surface area contributed by atoms with Gasteiger partial charge in [0.25, 0.3) is 0 Å². The van der Waals surface area contributed by atoms with Crippen molar-refractivity contribution in [3.63, 3.8) is 0 Å². The lowest BCUT2D eigenvalue weighted by Gasteiger charge is -2.14. The van der Waals surface area contributed by atoms with Crippen LogP contribution in [-0.4, -0.2) is 18.3 Å². The van der Waals surface area contributed by atoms with E-state index in [0.29, 0.717) is 36.0 Å². The van der Waals surface area contributed by atoms with Crippen LogP contribution in [0.1, 0.15) is 12.5 Å². The predicted octanol–water partition coefficient (Wildman–Crippen LogP) is 2.99. The van der Waals surface area contributed by atoms with Crippen LogP contribution < -0.4 is 15.2 Å². The summed E-state index contributed by atoms with van der Waals surface area (Å²) in [6, 6.07) is 13.0. The highest BCUT2D eigenvalue weighted by Crippen LogP contribution is 2.35. The molecule has 106 valence electrons. The third-order valence-corrected chi connectivity index (χ3v) is 2.90. The number of nitrogens with two attached hydrogens (primary N) is 1. The average molecular weight is 273 g/mol. The summed E-state index contributed by atoms with van der Waals surface area (Å²) in [4.78, 5) is 0. The molecule has 0 unspecified atom stereocenters. The first-order chi connectivity index (χ1) is 9.76. The quantitative estimate of drug-likeness (QED) is 0.794. The van der Waals surface area contributed by atoms with E-state index in [0.717, 1.165) is 5.56 Å². The van der Waals surface area contributed by atoms with Gasteiger partial charge in [-0.1, -0.05) is 24.3 Å². The average Bonchev–Trinajstić information content (AvgIpc) is 2.46. The van der Waals surface area contributed by atoms with Crippen molar-refractivity contribution in [3.05, 3.63) is 48.0 Å². The number of hydrogen-bond donors (Lipinski definition) is 2. The van der Waals surface area contributed by atoms with Crippen LogP contribution in [0.15, 0.2) is 42.5 Å². The lowest BCUT2D eigenvalue weighted by molar-refractivity contribution is 0.298. The second-order valence-electron chi connectivity index (χ2n) is 4.28. The molecular formula is C16H19NO3. The number of aliphatic hydroxyl groups is 1. The van der Waals surface area contributed by atoms with Crippen LogP contribution in [0, 0.1) is 0 Å². The highest BCUT2D eigenvalue weighted by Gasteiger charge is 2.10. The van der Waals surface area contributed by atoms with Crippen molar-refractivity contribution in [1.82, 2.24) is 0 Å². The fourth-order valence-corrected chi connectivity index (χ4v) is 1.94. The van der Waals surface area contributed by atoms with Crippen molar-refractivity contribution in [2.24, 2.45) is 0 Å². The molecule has 0 spiro atoms. The van der Waals surface area contributed by atoms with E-state index in [4.69, 9.17) is 20.3 Å². The number of hydrogen-bond acceptors (Lipinski definition) is 4. The van der Waals surface area contributed by atoms with E-state index in [9.17, 15) is 0 Å². The number of benzene rings is 2. The van der Waals surface area contributed by atoms with Gasteiger partial charge in [0, 0.05) is 6.61 Å². The Hall–Kier alpha value is -2.20. The first-order valence-corrected chi connectivity index (χ1v) is 6.64. The first kappa shape index (κ1) is 14.2. The molecule has 0 saturated heterocycles. The van der Waals surface area contributed by atoms with Gasteiger partial charge < -0.3 is 20.3 Å². The molecule has 4 nitrogen and oxygen atoms in total. The minimum atomic E-state index is 0.0782. The highest BCUT2D eigenvalue weighted by molar-refractivity contribution is 5.63. The molecule has 2 aromatic rings. The second-order valence-corrected chi connectivity index (χ2v) is 4.28. The van der Waals surface area contributed by atoms with E-state index in [1.54, 1.807) is 6.07 Å². The summed E-state index contributed by atoms with van der Waals surface area (Å²) in [5, 5.41) is 9.08. The minimum Gasteiger partial charge on any atom is -0.492 e. The van der Waals surface area contributed by atoms with Gasteiger partial charge >= 0.3 is 0 Å². The van der Waals surface area contributed by atoms with Gasteiger partial charge in [-0.05, 0) is 37.1 Å². The van der Waals surface area contributed by atoms with E-state index in [1.807, 2.05) is 43.3 Å². The van der Waals surface area contributed by atoms with Gasteiger partial charge in [0.2, 0.25) is 0 Å². The van der Waals surface area contributed by atoms with E-state index >= 15 is 0 Å². The van der Waals surface area contributed by atoms with Crippen LogP contribution >= 0.6 is 0 Å². The molecule has 0 atom stereocenters. The zero-order valence-corrected chi connectivity index (χ0v) is 11.5. The van der Waals surface area contributed by atoms with Gasteiger partial charge in [0.1, 0.15) is 17.2 Å². The van der Waals surface area contributed by atoms with Crippen molar-refractivity contribution in [1.29, 1.82) is 0 Å². The molecule has 2 rings (SSSR count). The summed E-state index contributed by atoms with van der Waals surface area (Å²) in [6.07, 6.45) is 0.543. The Bertz CT molecular complexity index is 569. The fourth-order valence-electron chi connectivity index (χ4n) is 1.94. The Kier molecular flexibility index (Phi) is 4.85. The molecule has 2 aromatic carbocycles. The molecule has 0 aliphatic rings. The summed E-state index contributed by atoms with van der Waals surface area (Å²) in [5.74, 6) is 1.87. The maximum absolute atomic E-state index is 9.08. The molecule has 20 heavy (non-hydrogen) atoms. The number of aliphatic hydroxyl groups excluding tert-OH is 1. The minimum absolute atomic E-state index is 0.0782. The van der Waals surface area contributed by atoms with Gasteiger partial charge in [0.05, 0.1) is 6.61 Å². The number of anilines is 1. The van der Waals surface area contributed by atoms with Crippen molar-refractivity contribution in [3.8, 4) is 17.2 Å². The van der Waals surface area contributed by atoms with E-state index < -0.39 is 0 Å². The molecule has 3 N–H and O–H groups in total. The number of rotatable bonds is 6. The maximum atomic E-state index is 9.08. The number of para-hydroxylation sites is 2. The van der Waals surface area contributed by atoms with Gasteiger partial charge in [-0.2, -0.15) is 0 Å². The zero-order valence-electron chi connectivity index (χ0n) is 11.5. The van der Waals surface area contributed by atoms with Crippen molar-refractivity contribution in [2.45, 2.75) is 13.3 Å². The van der Waals surface area contributed by atoms with Crippen LogP contribution in [0.25, 0.3) is 0 Å². The Labute approximate surface area is 118 Å². The molecule has 0 aliphatic heterocycles. The predicted molar refractivity (Wildman–Crippen MR) is 79.3 cm³/mol. The van der Waals surface area contributed by atoms with Crippen molar-refractivity contribution >= 4 is 5.69 Å². The topological polar surface area (TPSA) is 64.7 Å². The molecule has 0 radical (unpaired) electrons. The normalized spacial score (nSPS) is 10.3. The van der Waals surface area contributed by atoms with E-state index in [2.05, 4.69) is 0 Å². The van der Waals surface area contributed by atoms with Crippen LogP contribution in [0.2, 0.25) is 0 Å². The van der Waals surface area contributed by atoms with Crippen LogP contribution in [0.5, 0.6) is 17.2 Å². The Morgan fingerprint density at radius 3 is 2.45 bits per heavy atom. The summed E-state index contributed by atoms with van der Waals surface area (Å²) in [7, 11) is 0. The number of nitrogen functional groups attached to an aromatic ring is 1. The molecule has 0 amide bonds.